The predicted molar refractivity (Wildman–Crippen MR) is 100 cm³/mol. The zero-order valence-electron chi connectivity index (χ0n) is 16.2. The maximum Gasteiger partial charge on any atom is 0.387 e. The smallest absolute Gasteiger partial charge is 0.387 e. The van der Waals surface area contributed by atoms with E-state index in [1.165, 1.54) is 49.6 Å². The summed E-state index contributed by atoms with van der Waals surface area (Å²) in [6, 6.07) is 9.77. The van der Waals surface area contributed by atoms with Gasteiger partial charge in [0.25, 0.3) is 0 Å². The molecule has 4 nitrogen and oxygen atoms in total. The summed E-state index contributed by atoms with van der Waals surface area (Å²) in [6.07, 6.45) is -1.27. The normalized spacial score (nSPS) is 12.0. The number of carbonyl (C=O) groups excluding carboxylic acids is 1. The monoisotopic (exact) mass is 448 g/mol. The molecule has 2 aromatic carbocycles. The molecular formula is C21H18F6O4. The van der Waals surface area contributed by atoms with E-state index in [0.717, 1.165) is 6.07 Å². The molecule has 0 aromatic heterocycles. The van der Waals surface area contributed by atoms with Crippen LogP contribution >= 0.6 is 0 Å². The predicted octanol–water partition coefficient (Wildman–Crippen LogP) is 5.61. The van der Waals surface area contributed by atoms with Crippen molar-refractivity contribution in [2.24, 2.45) is 0 Å². The van der Waals surface area contributed by atoms with Gasteiger partial charge < -0.3 is 14.2 Å². The second kappa shape index (κ2) is 10.9. The fourth-order valence-corrected chi connectivity index (χ4v) is 2.47. The standard InChI is InChI=1S/C21H18F6O4/c1-29-18-8-6-13(9-15(18)11-30-12-21(26,27)19(22)23)5-7-17(28)14-3-2-4-16(10-14)31-20(24)25/h2-10,19-20H,11-12H2,1H3/b7-5+. The van der Waals surface area contributed by atoms with E-state index < -0.39 is 38.0 Å². The Kier molecular flexibility index (Phi) is 8.49. The highest BCUT2D eigenvalue weighted by Gasteiger charge is 2.41. The van der Waals surface area contributed by atoms with Gasteiger partial charge in [-0.3, -0.25) is 4.79 Å². The molecular weight excluding hydrogens is 430 g/mol. The van der Waals surface area contributed by atoms with Crippen molar-refractivity contribution in [3.05, 3.63) is 65.2 Å². The van der Waals surface area contributed by atoms with Gasteiger partial charge in [-0.2, -0.15) is 17.6 Å². The third kappa shape index (κ3) is 7.32. The third-order valence-electron chi connectivity index (χ3n) is 3.95. The SMILES string of the molecule is COc1ccc(/C=C/C(=O)c2cccc(OC(F)F)c2)cc1COCC(F)(F)C(F)F. The number of allylic oxidation sites excluding steroid dienone is 1. The van der Waals surface area contributed by atoms with Gasteiger partial charge in [-0.25, -0.2) is 8.78 Å². The Morgan fingerprint density at radius 3 is 2.48 bits per heavy atom. The number of halogens is 6. The van der Waals surface area contributed by atoms with E-state index in [1.54, 1.807) is 6.07 Å². The van der Waals surface area contributed by atoms with E-state index >= 15 is 0 Å². The minimum atomic E-state index is -4.28. The number of hydrogen-bond donors (Lipinski definition) is 0. The van der Waals surface area contributed by atoms with E-state index in [2.05, 4.69) is 4.74 Å². The molecule has 0 aliphatic heterocycles. The number of hydrogen-bond acceptors (Lipinski definition) is 4. The molecule has 0 fully saturated rings. The van der Waals surface area contributed by atoms with Crippen molar-refractivity contribution in [3.63, 3.8) is 0 Å². The minimum absolute atomic E-state index is 0.112. The number of benzene rings is 2. The van der Waals surface area contributed by atoms with Gasteiger partial charge in [0, 0.05) is 11.1 Å². The first-order valence-electron chi connectivity index (χ1n) is 8.80. The summed E-state index contributed by atoms with van der Waals surface area (Å²) in [5.41, 5.74) is 0.878. The maximum atomic E-state index is 13.0. The van der Waals surface area contributed by atoms with Crippen molar-refractivity contribution in [3.8, 4) is 11.5 Å². The summed E-state index contributed by atoms with van der Waals surface area (Å²) in [5.74, 6) is -4.66. The Morgan fingerprint density at radius 2 is 1.84 bits per heavy atom. The van der Waals surface area contributed by atoms with Crippen molar-refractivity contribution in [1.29, 1.82) is 0 Å². The molecule has 31 heavy (non-hydrogen) atoms. The lowest BCUT2D eigenvalue weighted by Crippen LogP contribution is -2.32. The van der Waals surface area contributed by atoms with Crippen LogP contribution in [-0.4, -0.2) is 38.5 Å². The number of ether oxygens (including phenoxy) is 3. The minimum Gasteiger partial charge on any atom is -0.496 e. The van der Waals surface area contributed by atoms with Crippen LogP contribution in [-0.2, 0) is 11.3 Å². The Hall–Kier alpha value is -3.01. The molecule has 0 aliphatic rings. The number of ketones is 1. The Morgan fingerprint density at radius 1 is 1.10 bits per heavy atom. The van der Waals surface area contributed by atoms with Gasteiger partial charge in [0.15, 0.2) is 5.78 Å². The topological polar surface area (TPSA) is 44.8 Å². The van der Waals surface area contributed by atoms with Gasteiger partial charge in [0.05, 0.1) is 13.7 Å². The summed E-state index contributed by atoms with van der Waals surface area (Å²) in [7, 11) is 1.33. The molecule has 0 amide bonds. The molecule has 2 aromatic rings. The van der Waals surface area contributed by atoms with Crippen LogP contribution in [0, 0.1) is 0 Å². The molecule has 168 valence electrons. The molecule has 0 aliphatic carbocycles. The van der Waals surface area contributed by atoms with Crippen LogP contribution in [0.4, 0.5) is 26.3 Å². The first-order chi connectivity index (χ1) is 14.6. The lowest BCUT2D eigenvalue weighted by molar-refractivity contribution is -0.168. The Labute approximate surface area is 174 Å². The zero-order valence-corrected chi connectivity index (χ0v) is 16.2. The van der Waals surface area contributed by atoms with E-state index in [4.69, 9.17) is 9.47 Å². The van der Waals surface area contributed by atoms with Crippen molar-refractivity contribution >= 4 is 11.9 Å². The van der Waals surface area contributed by atoms with Gasteiger partial charge in [0.2, 0.25) is 0 Å². The molecule has 10 heteroatoms. The largest absolute Gasteiger partial charge is 0.496 e. The molecule has 0 atom stereocenters. The lowest BCUT2D eigenvalue weighted by atomic mass is 10.1. The van der Waals surface area contributed by atoms with Crippen LogP contribution in [0.25, 0.3) is 6.08 Å². The fourth-order valence-electron chi connectivity index (χ4n) is 2.47. The van der Waals surface area contributed by atoms with Crippen LogP contribution in [0.15, 0.2) is 48.5 Å². The molecule has 0 heterocycles. The van der Waals surface area contributed by atoms with Gasteiger partial charge in [-0.05, 0) is 35.9 Å². The first kappa shape index (κ1) is 24.3. The second-order valence-electron chi connectivity index (χ2n) is 6.23. The van der Waals surface area contributed by atoms with Crippen LogP contribution < -0.4 is 9.47 Å². The number of carbonyl (C=O) groups is 1. The van der Waals surface area contributed by atoms with Crippen LogP contribution in [0.3, 0.4) is 0 Å². The summed E-state index contributed by atoms with van der Waals surface area (Å²) < 4.78 is 89.0. The van der Waals surface area contributed by atoms with Crippen molar-refractivity contribution in [1.82, 2.24) is 0 Å². The summed E-state index contributed by atoms with van der Waals surface area (Å²) in [6.45, 7) is -4.92. The van der Waals surface area contributed by atoms with Crippen molar-refractivity contribution < 1.29 is 45.3 Å². The fraction of sp³-hybridized carbons (Fsp3) is 0.286. The molecule has 0 N–H and O–H groups in total. The molecule has 0 saturated heterocycles. The van der Waals surface area contributed by atoms with E-state index in [9.17, 15) is 31.1 Å². The van der Waals surface area contributed by atoms with Crippen molar-refractivity contribution in [2.45, 2.75) is 25.6 Å². The second-order valence-corrected chi connectivity index (χ2v) is 6.23. The quantitative estimate of drug-likeness (QED) is 0.255. The van der Waals surface area contributed by atoms with E-state index in [1.807, 2.05) is 0 Å². The van der Waals surface area contributed by atoms with Crippen molar-refractivity contribution in [2.75, 3.05) is 13.7 Å². The number of alkyl halides is 6. The van der Waals surface area contributed by atoms with Gasteiger partial charge >= 0.3 is 19.0 Å². The Balaban J connectivity index is 2.10. The van der Waals surface area contributed by atoms with Gasteiger partial charge in [0.1, 0.15) is 18.1 Å². The Bertz CT molecular complexity index is 914. The maximum absolute atomic E-state index is 13.0. The highest BCUT2D eigenvalue weighted by atomic mass is 19.3. The molecule has 0 saturated carbocycles. The first-order valence-corrected chi connectivity index (χ1v) is 8.80. The van der Waals surface area contributed by atoms with E-state index in [0.29, 0.717) is 11.1 Å². The molecule has 0 unspecified atom stereocenters. The highest BCUT2D eigenvalue weighted by molar-refractivity contribution is 6.07. The number of methoxy groups -OCH3 is 1. The summed E-state index contributed by atoms with van der Waals surface area (Å²) in [5, 5.41) is 0. The van der Waals surface area contributed by atoms with Crippen LogP contribution in [0.1, 0.15) is 21.5 Å². The van der Waals surface area contributed by atoms with Gasteiger partial charge in [-0.1, -0.05) is 24.3 Å². The third-order valence-corrected chi connectivity index (χ3v) is 3.95. The van der Waals surface area contributed by atoms with Crippen LogP contribution in [0.5, 0.6) is 11.5 Å². The zero-order chi connectivity index (χ0) is 23.0. The highest BCUT2D eigenvalue weighted by Crippen LogP contribution is 2.26. The summed E-state index contributed by atoms with van der Waals surface area (Å²) in [4.78, 5) is 12.3. The van der Waals surface area contributed by atoms with Crippen LogP contribution in [0.2, 0.25) is 0 Å². The molecule has 0 bridgehead atoms. The molecule has 0 spiro atoms. The van der Waals surface area contributed by atoms with E-state index in [-0.39, 0.29) is 17.1 Å². The number of rotatable bonds is 11. The summed E-state index contributed by atoms with van der Waals surface area (Å²) >= 11 is 0. The lowest BCUT2D eigenvalue weighted by Gasteiger charge is -2.16. The average molecular weight is 448 g/mol. The molecule has 0 radical (unpaired) electrons. The molecule has 2 rings (SSSR count). The average Bonchev–Trinajstić information content (AvgIpc) is 2.71. The van der Waals surface area contributed by atoms with Gasteiger partial charge in [-0.15, -0.1) is 0 Å².